The summed E-state index contributed by atoms with van der Waals surface area (Å²) in [5.74, 6) is 0.244. The Balaban J connectivity index is 2.02. The van der Waals surface area contributed by atoms with Crippen molar-refractivity contribution in [1.82, 2.24) is 10.2 Å². The summed E-state index contributed by atoms with van der Waals surface area (Å²) in [7, 11) is 0. The monoisotopic (exact) mass is 248 g/mol. The highest BCUT2D eigenvalue weighted by molar-refractivity contribution is 5.94. The van der Waals surface area contributed by atoms with Crippen molar-refractivity contribution >= 4 is 5.91 Å². The molecule has 1 heterocycles. The van der Waals surface area contributed by atoms with Crippen LogP contribution in [0.1, 0.15) is 30.1 Å². The topological polar surface area (TPSA) is 52.6 Å². The molecule has 18 heavy (non-hydrogen) atoms. The van der Waals surface area contributed by atoms with E-state index in [4.69, 9.17) is 0 Å². The molecule has 4 heteroatoms. The quantitative estimate of drug-likeness (QED) is 0.854. The van der Waals surface area contributed by atoms with Crippen molar-refractivity contribution < 1.29 is 9.90 Å². The van der Waals surface area contributed by atoms with Gasteiger partial charge in [0, 0.05) is 24.7 Å². The highest BCUT2D eigenvalue weighted by atomic mass is 16.3. The number of piperidine rings is 1. The first-order valence-corrected chi connectivity index (χ1v) is 6.52. The Morgan fingerprint density at radius 2 is 2.17 bits per heavy atom. The molecule has 1 aromatic rings. The van der Waals surface area contributed by atoms with E-state index >= 15 is 0 Å². The van der Waals surface area contributed by atoms with Gasteiger partial charge in [0.15, 0.2) is 0 Å². The van der Waals surface area contributed by atoms with Gasteiger partial charge in [-0.1, -0.05) is 6.92 Å². The lowest BCUT2D eigenvalue weighted by Crippen LogP contribution is -2.47. The Kier molecular flexibility index (Phi) is 4.20. The second kappa shape index (κ2) is 5.87. The van der Waals surface area contributed by atoms with Crippen LogP contribution in [0.4, 0.5) is 0 Å². The lowest BCUT2D eigenvalue weighted by atomic mass is 10.0. The minimum Gasteiger partial charge on any atom is -0.508 e. The number of hydrogen-bond acceptors (Lipinski definition) is 3. The summed E-state index contributed by atoms with van der Waals surface area (Å²) < 4.78 is 0. The smallest absolute Gasteiger partial charge is 0.253 e. The second-order valence-electron chi connectivity index (χ2n) is 4.69. The molecular formula is C14H20N2O2. The number of nitrogens with zero attached hydrogens (tertiary/aromatic N) is 1. The molecule has 0 aromatic heterocycles. The number of amides is 1. The summed E-state index contributed by atoms with van der Waals surface area (Å²) in [6, 6.07) is 6.87. The maximum absolute atomic E-state index is 12.3. The summed E-state index contributed by atoms with van der Waals surface area (Å²) in [5.41, 5.74) is 0.643. The molecule has 0 aliphatic carbocycles. The van der Waals surface area contributed by atoms with Crippen LogP contribution in [0.25, 0.3) is 0 Å². The van der Waals surface area contributed by atoms with Crippen LogP contribution in [0.3, 0.4) is 0 Å². The predicted octanol–water partition coefficient (Wildman–Crippen LogP) is 1.61. The van der Waals surface area contributed by atoms with E-state index in [2.05, 4.69) is 12.2 Å². The van der Waals surface area contributed by atoms with E-state index in [9.17, 15) is 9.90 Å². The van der Waals surface area contributed by atoms with E-state index in [1.165, 1.54) is 0 Å². The molecule has 2 rings (SSSR count). The molecule has 1 aliphatic rings. The van der Waals surface area contributed by atoms with Gasteiger partial charge in [-0.15, -0.1) is 0 Å². The third-order valence-electron chi connectivity index (χ3n) is 3.32. The first-order valence-electron chi connectivity index (χ1n) is 6.52. The molecule has 0 spiro atoms. The Morgan fingerprint density at radius 3 is 2.83 bits per heavy atom. The minimum absolute atomic E-state index is 0.0533. The molecule has 98 valence electrons. The van der Waals surface area contributed by atoms with Gasteiger partial charge in [0.2, 0.25) is 0 Å². The lowest BCUT2D eigenvalue weighted by molar-refractivity contribution is 0.0695. The van der Waals surface area contributed by atoms with Gasteiger partial charge in [0.25, 0.3) is 5.91 Å². The van der Waals surface area contributed by atoms with Crippen LogP contribution in [-0.2, 0) is 0 Å². The van der Waals surface area contributed by atoms with Crippen molar-refractivity contribution in [3.8, 4) is 5.75 Å². The number of likely N-dealkylation sites (tertiary alicyclic amines) is 1. The van der Waals surface area contributed by atoms with Crippen molar-refractivity contribution in [2.45, 2.75) is 25.8 Å². The number of carbonyl (C=O) groups is 1. The zero-order valence-corrected chi connectivity index (χ0v) is 10.7. The highest BCUT2D eigenvalue weighted by Crippen LogP contribution is 2.16. The molecule has 1 aliphatic heterocycles. The molecule has 0 bridgehead atoms. The minimum atomic E-state index is 0.0533. The number of carbonyl (C=O) groups excluding carboxylic acids is 1. The van der Waals surface area contributed by atoms with E-state index in [0.29, 0.717) is 11.6 Å². The average molecular weight is 248 g/mol. The van der Waals surface area contributed by atoms with Crippen LogP contribution in [0, 0.1) is 0 Å². The maximum atomic E-state index is 12.3. The number of nitrogens with one attached hydrogen (secondary N) is 1. The van der Waals surface area contributed by atoms with Gasteiger partial charge < -0.3 is 15.3 Å². The molecule has 1 fully saturated rings. The molecule has 1 saturated heterocycles. The zero-order chi connectivity index (χ0) is 13.0. The summed E-state index contributed by atoms with van der Waals surface area (Å²) in [6.07, 6.45) is 2.18. The Bertz CT molecular complexity index is 401. The van der Waals surface area contributed by atoms with Crippen LogP contribution in [-0.4, -0.2) is 41.6 Å². The third kappa shape index (κ3) is 3.01. The van der Waals surface area contributed by atoms with E-state index < -0.39 is 0 Å². The van der Waals surface area contributed by atoms with Gasteiger partial charge in [-0.05, 0) is 43.7 Å². The fourth-order valence-electron chi connectivity index (χ4n) is 2.40. The molecule has 0 saturated carbocycles. The second-order valence-corrected chi connectivity index (χ2v) is 4.69. The van der Waals surface area contributed by atoms with Crippen molar-refractivity contribution in [1.29, 1.82) is 0 Å². The normalized spacial score (nSPS) is 19.8. The van der Waals surface area contributed by atoms with Crippen LogP contribution >= 0.6 is 0 Å². The number of aromatic hydroxyl groups is 1. The number of phenols is 1. The maximum Gasteiger partial charge on any atom is 0.253 e. The largest absolute Gasteiger partial charge is 0.508 e. The molecule has 1 unspecified atom stereocenters. The van der Waals surface area contributed by atoms with Crippen LogP contribution in [0.15, 0.2) is 24.3 Å². The van der Waals surface area contributed by atoms with E-state index in [-0.39, 0.29) is 11.7 Å². The number of rotatable bonds is 3. The van der Waals surface area contributed by atoms with Gasteiger partial charge in [-0.3, -0.25) is 4.79 Å². The number of benzene rings is 1. The molecule has 1 atom stereocenters. The van der Waals surface area contributed by atoms with Crippen molar-refractivity contribution in [2.24, 2.45) is 0 Å². The first kappa shape index (κ1) is 12.9. The first-order chi connectivity index (χ1) is 8.70. The Labute approximate surface area is 108 Å². The Morgan fingerprint density at radius 1 is 1.44 bits per heavy atom. The third-order valence-corrected chi connectivity index (χ3v) is 3.32. The lowest BCUT2D eigenvalue weighted by Gasteiger charge is -2.33. The molecule has 2 N–H and O–H groups in total. The SMILES string of the molecule is CCNC1CCCN(C(=O)c2ccc(O)cc2)C1. The van der Waals surface area contributed by atoms with Crippen molar-refractivity contribution in [3.05, 3.63) is 29.8 Å². The standard InChI is InChI=1S/C14H20N2O2/c1-2-15-12-4-3-9-16(10-12)14(18)11-5-7-13(17)8-6-11/h5-8,12,15,17H,2-4,9-10H2,1H3. The van der Waals surface area contributed by atoms with E-state index in [0.717, 1.165) is 32.5 Å². The molecule has 1 amide bonds. The molecule has 4 nitrogen and oxygen atoms in total. The van der Waals surface area contributed by atoms with Gasteiger partial charge in [-0.25, -0.2) is 0 Å². The van der Waals surface area contributed by atoms with Crippen LogP contribution in [0.5, 0.6) is 5.75 Å². The van der Waals surface area contributed by atoms with Gasteiger partial charge in [0.1, 0.15) is 5.75 Å². The van der Waals surface area contributed by atoms with Crippen LogP contribution < -0.4 is 5.32 Å². The number of likely N-dealkylation sites (N-methyl/N-ethyl adjacent to an activating group) is 1. The van der Waals surface area contributed by atoms with Crippen molar-refractivity contribution in [3.63, 3.8) is 0 Å². The summed E-state index contributed by atoms with van der Waals surface area (Å²) in [6.45, 7) is 4.61. The van der Waals surface area contributed by atoms with Gasteiger partial charge >= 0.3 is 0 Å². The fraction of sp³-hybridized carbons (Fsp3) is 0.500. The zero-order valence-electron chi connectivity index (χ0n) is 10.7. The van der Waals surface area contributed by atoms with Gasteiger partial charge in [0.05, 0.1) is 0 Å². The van der Waals surface area contributed by atoms with E-state index in [1.807, 2.05) is 4.90 Å². The molecule has 1 aromatic carbocycles. The highest BCUT2D eigenvalue weighted by Gasteiger charge is 2.23. The Hall–Kier alpha value is -1.55. The summed E-state index contributed by atoms with van der Waals surface area (Å²) in [4.78, 5) is 14.2. The van der Waals surface area contributed by atoms with Crippen molar-refractivity contribution in [2.75, 3.05) is 19.6 Å². The summed E-state index contributed by atoms with van der Waals surface area (Å²) in [5, 5.41) is 12.6. The molecule has 0 radical (unpaired) electrons. The molecular weight excluding hydrogens is 228 g/mol. The number of phenolic OH excluding ortho intramolecular Hbond substituents is 1. The predicted molar refractivity (Wildman–Crippen MR) is 70.7 cm³/mol. The average Bonchev–Trinajstić information content (AvgIpc) is 2.39. The van der Waals surface area contributed by atoms with Crippen LogP contribution in [0.2, 0.25) is 0 Å². The van der Waals surface area contributed by atoms with E-state index in [1.54, 1.807) is 24.3 Å². The summed E-state index contributed by atoms with van der Waals surface area (Å²) >= 11 is 0. The fourth-order valence-corrected chi connectivity index (χ4v) is 2.40. The number of hydrogen-bond donors (Lipinski definition) is 2. The van der Waals surface area contributed by atoms with Gasteiger partial charge in [-0.2, -0.15) is 0 Å².